The summed E-state index contributed by atoms with van der Waals surface area (Å²) < 4.78 is 5.09. The smallest absolute Gasteiger partial charge is 0.407 e. The highest BCUT2D eigenvalue weighted by Crippen LogP contribution is 2.21. The first-order valence-corrected chi connectivity index (χ1v) is 7.67. The number of rotatable bonds is 6. The molecule has 0 aliphatic heterocycles. The Labute approximate surface area is 137 Å². The van der Waals surface area contributed by atoms with Gasteiger partial charge in [0.1, 0.15) is 11.7 Å². The van der Waals surface area contributed by atoms with Gasteiger partial charge in [-0.15, -0.1) is 0 Å². The predicted molar refractivity (Wildman–Crippen MR) is 86.9 cm³/mol. The Morgan fingerprint density at radius 2 is 1.96 bits per heavy atom. The molecule has 0 bridgehead atoms. The highest BCUT2D eigenvalue weighted by atomic mass is 16.6. The Kier molecular flexibility index (Phi) is 7.00. The van der Waals surface area contributed by atoms with E-state index < -0.39 is 23.9 Å². The molecule has 0 aliphatic carbocycles. The molecule has 1 aromatic carbocycles. The molecular weight excluding hydrogens is 298 g/mol. The van der Waals surface area contributed by atoms with Crippen LogP contribution in [0.25, 0.3) is 0 Å². The van der Waals surface area contributed by atoms with Gasteiger partial charge in [-0.2, -0.15) is 0 Å². The first-order valence-electron chi connectivity index (χ1n) is 7.67. The SMILES string of the molecule is Cc1cc(C(O)C(O)CCNC(=O)OC(C)(C)C)ccc1CO. The fraction of sp³-hybridized carbons (Fsp3) is 0.588. The van der Waals surface area contributed by atoms with Crippen molar-refractivity contribution >= 4 is 6.09 Å². The quantitative estimate of drug-likeness (QED) is 0.639. The zero-order valence-electron chi connectivity index (χ0n) is 14.2. The van der Waals surface area contributed by atoms with E-state index in [9.17, 15) is 15.0 Å². The lowest BCUT2D eigenvalue weighted by Gasteiger charge is -2.21. The maximum Gasteiger partial charge on any atom is 0.407 e. The number of nitrogens with one attached hydrogen (secondary N) is 1. The Morgan fingerprint density at radius 1 is 1.30 bits per heavy atom. The van der Waals surface area contributed by atoms with Gasteiger partial charge in [-0.25, -0.2) is 4.79 Å². The number of aliphatic hydroxyl groups is 3. The number of carbonyl (C=O) groups is 1. The van der Waals surface area contributed by atoms with Crippen LogP contribution in [0.1, 0.15) is 50.0 Å². The van der Waals surface area contributed by atoms with E-state index in [1.54, 1.807) is 39.0 Å². The molecule has 1 rings (SSSR count). The second kappa shape index (κ2) is 8.29. The highest BCUT2D eigenvalue weighted by Gasteiger charge is 2.20. The fourth-order valence-corrected chi connectivity index (χ4v) is 2.10. The molecule has 0 saturated heterocycles. The number of carbonyl (C=O) groups excluding carboxylic acids is 1. The summed E-state index contributed by atoms with van der Waals surface area (Å²) >= 11 is 0. The molecule has 0 radical (unpaired) electrons. The molecule has 4 N–H and O–H groups in total. The van der Waals surface area contributed by atoms with Gasteiger partial charge in [0, 0.05) is 6.54 Å². The van der Waals surface area contributed by atoms with Gasteiger partial charge >= 0.3 is 6.09 Å². The van der Waals surface area contributed by atoms with E-state index in [1.165, 1.54) is 0 Å². The summed E-state index contributed by atoms with van der Waals surface area (Å²) in [5, 5.41) is 31.9. The van der Waals surface area contributed by atoms with Crippen LogP contribution < -0.4 is 5.32 Å². The average Bonchev–Trinajstić information content (AvgIpc) is 2.44. The molecule has 0 saturated carbocycles. The van der Waals surface area contributed by atoms with Crippen LogP contribution in [0.2, 0.25) is 0 Å². The first kappa shape index (κ1) is 19.4. The molecule has 2 unspecified atom stereocenters. The molecule has 6 nitrogen and oxygen atoms in total. The summed E-state index contributed by atoms with van der Waals surface area (Å²) in [6, 6.07) is 5.13. The molecule has 130 valence electrons. The summed E-state index contributed by atoms with van der Waals surface area (Å²) in [5.41, 5.74) is 1.63. The standard InChI is InChI=1S/C17H27NO5/c1-11-9-12(5-6-13(11)10-19)15(21)14(20)7-8-18-16(22)23-17(2,3)4/h5-6,9,14-15,19-21H,7-8,10H2,1-4H3,(H,18,22). The van der Waals surface area contributed by atoms with Crippen LogP contribution in [-0.4, -0.2) is 39.7 Å². The van der Waals surface area contributed by atoms with Crippen molar-refractivity contribution in [2.75, 3.05) is 6.54 Å². The van der Waals surface area contributed by atoms with E-state index >= 15 is 0 Å². The van der Waals surface area contributed by atoms with Crippen LogP contribution in [-0.2, 0) is 11.3 Å². The third-order valence-electron chi connectivity index (χ3n) is 3.35. The summed E-state index contributed by atoms with van der Waals surface area (Å²) in [5.74, 6) is 0. The van der Waals surface area contributed by atoms with Gasteiger partial charge in [0.15, 0.2) is 0 Å². The molecule has 1 amide bonds. The average molecular weight is 325 g/mol. The van der Waals surface area contributed by atoms with Crippen molar-refractivity contribution in [3.63, 3.8) is 0 Å². The minimum Gasteiger partial charge on any atom is -0.444 e. The van der Waals surface area contributed by atoms with Gasteiger partial charge < -0.3 is 25.4 Å². The largest absolute Gasteiger partial charge is 0.444 e. The highest BCUT2D eigenvalue weighted by molar-refractivity contribution is 5.67. The third-order valence-corrected chi connectivity index (χ3v) is 3.35. The molecular formula is C17H27NO5. The normalized spacial score (nSPS) is 14.2. The van der Waals surface area contributed by atoms with Crippen molar-refractivity contribution in [2.45, 2.75) is 58.5 Å². The van der Waals surface area contributed by atoms with Crippen molar-refractivity contribution in [2.24, 2.45) is 0 Å². The lowest BCUT2D eigenvalue weighted by atomic mass is 9.98. The van der Waals surface area contributed by atoms with E-state index in [1.807, 2.05) is 6.92 Å². The molecule has 0 heterocycles. The second-order valence-corrected chi connectivity index (χ2v) is 6.57. The molecule has 1 aromatic rings. The first-order chi connectivity index (χ1) is 10.6. The van der Waals surface area contributed by atoms with Gasteiger partial charge in [0.05, 0.1) is 12.7 Å². The van der Waals surface area contributed by atoms with E-state index in [2.05, 4.69) is 5.32 Å². The minimum absolute atomic E-state index is 0.0649. The van der Waals surface area contributed by atoms with Crippen molar-refractivity contribution < 1.29 is 24.9 Å². The number of aryl methyl sites for hydroxylation is 1. The lowest BCUT2D eigenvalue weighted by Crippen LogP contribution is -2.34. The van der Waals surface area contributed by atoms with E-state index in [-0.39, 0.29) is 19.6 Å². The van der Waals surface area contributed by atoms with E-state index in [4.69, 9.17) is 9.84 Å². The fourth-order valence-electron chi connectivity index (χ4n) is 2.10. The molecule has 2 atom stereocenters. The summed E-state index contributed by atoms with van der Waals surface area (Å²) in [6.07, 6.45) is -2.42. The zero-order valence-corrected chi connectivity index (χ0v) is 14.2. The Bertz CT molecular complexity index is 524. The van der Waals surface area contributed by atoms with Crippen LogP contribution in [0, 0.1) is 6.92 Å². The number of ether oxygens (including phenoxy) is 1. The van der Waals surface area contributed by atoms with Crippen molar-refractivity contribution in [3.8, 4) is 0 Å². The summed E-state index contributed by atoms with van der Waals surface area (Å²) in [6.45, 7) is 7.26. The van der Waals surface area contributed by atoms with E-state index in [0.29, 0.717) is 5.56 Å². The Morgan fingerprint density at radius 3 is 2.48 bits per heavy atom. The number of alkyl carbamates (subject to hydrolysis) is 1. The molecule has 23 heavy (non-hydrogen) atoms. The summed E-state index contributed by atoms with van der Waals surface area (Å²) in [4.78, 5) is 11.5. The maximum absolute atomic E-state index is 11.5. The Hall–Kier alpha value is -1.63. The summed E-state index contributed by atoms with van der Waals surface area (Å²) in [7, 11) is 0. The van der Waals surface area contributed by atoms with Crippen LogP contribution in [0.4, 0.5) is 4.79 Å². The minimum atomic E-state index is -1.05. The van der Waals surface area contributed by atoms with E-state index in [0.717, 1.165) is 11.1 Å². The van der Waals surface area contributed by atoms with Crippen molar-refractivity contribution in [3.05, 3.63) is 34.9 Å². The lowest BCUT2D eigenvalue weighted by molar-refractivity contribution is 0.0122. The topological polar surface area (TPSA) is 99.0 Å². The van der Waals surface area contributed by atoms with Gasteiger partial charge in [-0.3, -0.25) is 0 Å². The van der Waals surface area contributed by atoms with Gasteiger partial charge in [-0.05, 0) is 50.8 Å². The van der Waals surface area contributed by atoms with Crippen LogP contribution in [0.5, 0.6) is 0 Å². The second-order valence-electron chi connectivity index (χ2n) is 6.57. The number of hydrogen-bond donors (Lipinski definition) is 4. The third kappa shape index (κ3) is 6.56. The van der Waals surface area contributed by atoms with Crippen LogP contribution in [0.3, 0.4) is 0 Å². The number of amides is 1. The van der Waals surface area contributed by atoms with Crippen molar-refractivity contribution in [1.82, 2.24) is 5.32 Å². The molecule has 0 aromatic heterocycles. The molecule has 0 spiro atoms. The Balaban J connectivity index is 2.49. The molecule has 0 fully saturated rings. The number of aliphatic hydroxyl groups excluding tert-OH is 3. The van der Waals surface area contributed by atoms with Gasteiger partial charge in [0.25, 0.3) is 0 Å². The maximum atomic E-state index is 11.5. The van der Waals surface area contributed by atoms with Crippen LogP contribution in [0.15, 0.2) is 18.2 Å². The monoisotopic (exact) mass is 325 g/mol. The number of benzene rings is 1. The van der Waals surface area contributed by atoms with Gasteiger partial charge in [0.2, 0.25) is 0 Å². The zero-order chi connectivity index (χ0) is 17.6. The molecule has 0 aliphatic rings. The number of hydrogen-bond acceptors (Lipinski definition) is 5. The van der Waals surface area contributed by atoms with Crippen LogP contribution >= 0.6 is 0 Å². The van der Waals surface area contributed by atoms with Gasteiger partial charge in [-0.1, -0.05) is 18.2 Å². The predicted octanol–water partition coefficient (Wildman–Crippen LogP) is 1.80. The molecule has 6 heteroatoms. The van der Waals surface area contributed by atoms with Crippen molar-refractivity contribution in [1.29, 1.82) is 0 Å².